The van der Waals surface area contributed by atoms with Crippen molar-refractivity contribution in [2.24, 2.45) is 0 Å². The van der Waals surface area contributed by atoms with Crippen LogP contribution in [0.2, 0.25) is 10.0 Å². The molecule has 1 fully saturated rings. The molecule has 0 bridgehead atoms. The number of rotatable bonds is 8. The van der Waals surface area contributed by atoms with E-state index >= 15 is 0 Å². The Bertz CT molecular complexity index is 1210. The molecule has 1 saturated heterocycles. The van der Waals surface area contributed by atoms with Crippen LogP contribution in [0.3, 0.4) is 0 Å². The molecular weight excluding hydrogens is 455 g/mol. The van der Waals surface area contributed by atoms with Crippen LogP contribution in [0.1, 0.15) is 36.6 Å². The van der Waals surface area contributed by atoms with Crippen molar-refractivity contribution in [3.05, 3.63) is 88.2 Å². The molecule has 1 atom stereocenters. The zero-order chi connectivity index (χ0) is 22.6. The van der Waals surface area contributed by atoms with Gasteiger partial charge in [-0.2, -0.15) is 0 Å². The van der Waals surface area contributed by atoms with Crippen LogP contribution in [0.4, 0.5) is 0 Å². The van der Waals surface area contributed by atoms with Gasteiger partial charge in [0.05, 0.1) is 35.8 Å². The average Bonchev–Trinajstić information content (AvgIpc) is 3.43. The first-order chi connectivity index (χ1) is 16.2. The van der Waals surface area contributed by atoms with Crippen LogP contribution in [-0.2, 0) is 6.54 Å². The van der Waals surface area contributed by atoms with E-state index in [2.05, 4.69) is 22.0 Å². The minimum absolute atomic E-state index is 0.407. The molecule has 4 aromatic rings. The molecular formula is C26H26Cl2N4O. The number of aromatic nitrogens is 3. The number of fused-ring (bicyclic) bond motifs is 1. The second kappa shape index (κ2) is 10.1. The zero-order valence-corrected chi connectivity index (χ0v) is 19.8. The molecule has 0 saturated carbocycles. The number of halogens is 2. The number of hydrogen-bond donors (Lipinski definition) is 0. The SMILES string of the molecule is Clc1ccc(Cn2nc(OCCCN3CCCC3c3ccccn3)c3cc(Cl)ccc32)cc1. The van der Waals surface area contributed by atoms with E-state index in [1.165, 1.54) is 6.42 Å². The topological polar surface area (TPSA) is 43.2 Å². The maximum absolute atomic E-state index is 6.28. The third-order valence-corrected chi connectivity index (χ3v) is 6.63. The van der Waals surface area contributed by atoms with Gasteiger partial charge in [0.1, 0.15) is 0 Å². The summed E-state index contributed by atoms with van der Waals surface area (Å²) in [6.07, 6.45) is 5.18. The number of likely N-dealkylation sites (tertiary alicyclic amines) is 1. The van der Waals surface area contributed by atoms with E-state index in [1.54, 1.807) is 0 Å². The summed E-state index contributed by atoms with van der Waals surface area (Å²) in [7, 11) is 0. The quantitative estimate of drug-likeness (QED) is 0.274. The minimum atomic E-state index is 0.407. The molecule has 5 nitrogen and oxygen atoms in total. The maximum atomic E-state index is 6.28. The molecule has 2 aromatic carbocycles. The fourth-order valence-corrected chi connectivity index (χ4v) is 4.85. The lowest BCUT2D eigenvalue weighted by molar-refractivity contribution is 0.217. The van der Waals surface area contributed by atoms with Crippen molar-refractivity contribution in [1.82, 2.24) is 19.7 Å². The Hall–Kier alpha value is -2.60. The molecule has 0 aliphatic carbocycles. The monoisotopic (exact) mass is 480 g/mol. The number of hydrogen-bond acceptors (Lipinski definition) is 4. The van der Waals surface area contributed by atoms with Gasteiger partial charge in [0, 0.05) is 22.8 Å². The summed E-state index contributed by atoms with van der Waals surface area (Å²) in [5.41, 5.74) is 3.29. The van der Waals surface area contributed by atoms with Crippen LogP contribution in [0.15, 0.2) is 66.9 Å². The lowest BCUT2D eigenvalue weighted by Gasteiger charge is -2.23. The van der Waals surface area contributed by atoms with E-state index in [9.17, 15) is 0 Å². The smallest absolute Gasteiger partial charge is 0.240 e. The van der Waals surface area contributed by atoms with E-state index in [-0.39, 0.29) is 0 Å². The summed E-state index contributed by atoms with van der Waals surface area (Å²) >= 11 is 12.3. The van der Waals surface area contributed by atoms with E-state index in [0.717, 1.165) is 53.1 Å². The van der Waals surface area contributed by atoms with Crippen molar-refractivity contribution in [1.29, 1.82) is 0 Å². The predicted octanol–water partition coefficient (Wildman–Crippen LogP) is 6.39. The number of benzene rings is 2. The van der Waals surface area contributed by atoms with Crippen molar-refractivity contribution in [2.45, 2.75) is 31.8 Å². The first kappa shape index (κ1) is 22.2. The molecule has 2 aromatic heterocycles. The Kier molecular flexibility index (Phi) is 6.81. The van der Waals surface area contributed by atoms with Gasteiger partial charge in [-0.15, -0.1) is 5.10 Å². The van der Waals surface area contributed by atoms with Gasteiger partial charge in [-0.25, -0.2) is 0 Å². The molecule has 0 spiro atoms. The summed E-state index contributed by atoms with van der Waals surface area (Å²) in [6.45, 7) is 3.32. The van der Waals surface area contributed by atoms with Gasteiger partial charge in [0.15, 0.2) is 0 Å². The molecule has 0 N–H and O–H groups in total. The number of pyridine rings is 1. The Morgan fingerprint density at radius 3 is 2.67 bits per heavy atom. The molecule has 5 rings (SSSR count). The fraction of sp³-hybridized carbons (Fsp3) is 0.308. The molecule has 7 heteroatoms. The molecule has 0 radical (unpaired) electrons. The Morgan fingerprint density at radius 2 is 1.85 bits per heavy atom. The van der Waals surface area contributed by atoms with Gasteiger partial charge in [-0.1, -0.05) is 41.4 Å². The highest BCUT2D eigenvalue weighted by Crippen LogP contribution is 2.31. The Labute approximate surface area is 203 Å². The van der Waals surface area contributed by atoms with E-state index in [1.807, 2.05) is 59.4 Å². The first-order valence-electron chi connectivity index (χ1n) is 11.4. The zero-order valence-electron chi connectivity index (χ0n) is 18.3. The molecule has 0 amide bonds. The van der Waals surface area contributed by atoms with E-state index in [4.69, 9.17) is 33.0 Å². The third kappa shape index (κ3) is 5.16. The van der Waals surface area contributed by atoms with Gasteiger partial charge in [-0.3, -0.25) is 14.6 Å². The van der Waals surface area contributed by atoms with Gasteiger partial charge in [-0.05, 0) is 73.8 Å². The summed E-state index contributed by atoms with van der Waals surface area (Å²) < 4.78 is 8.12. The number of nitrogens with zero attached hydrogens (tertiary/aromatic N) is 4. The summed E-state index contributed by atoms with van der Waals surface area (Å²) in [5, 5.41) is 7.09. The molecule has 3 heterocycles. The molecule has 1 aliphatic rings. The van der Waals surface area contributed by atoms with Crippen LogP contribution in [0.5, 0.6) is 5.88 Å². The van der Waals surface area contributed by atoms with Crippen molar-refractivity contribution >= 4 is 34.1 Å². The fourth-order valence-electron chi connectivity index (χ4n) is 4.55. The van der Waals surface area contributed by atoms with Gasteiger partial charge < -0.3 is 4.74 Å². The Morgan fingerprint density at radius 1 is 1.00 bits per heavy atom. The summed E-state index contributed by atoms with van der Waals surface area (Å²) in [5.74, 6) is 0.629. The molecule has 1 aliphatic heterocycles. The van der Waals surface area contributed by atoms with Crippen molar-refractivity contribution in [3.8, 4) is 5.88 Å². The summed E-state index contributed by atoms with van der Waals surface area (Å²) in [4.78, 5) is 7.08. The largest absolute Gasteiger partial charge is 0.476 e. The molecule has 1 unspecified atom stereocenters. The molecule has 33 heavy (non-hydrogen) atoms. The van der Waals surface area contributed by atoms with Gasteiger partial charge in [0.25, 0.3) is 0 Å². The lowest BCUT2D eigenvalue weighted by Crippen LogP contribution is -2.26. The first-order valence-corrected chi connectivity index (χ1v) is 12.1. The van der Waals surface area contributed by atoms with Gasteiger partial charge >= 0.3 is 0 Å². The lowest BCUT2D eigenvalue weighted by atomic mass is 10.1. The van der Waals surface area contributed by atoms with Crippen LogP contribution in [0, 0.1) is 0 Å². The van der Waals surface area contributed by atoms with Crippen molar-refractivity contribution in [3.63, 3.8) is 0 Å². The van der Waals surface area contributed by atoms with Crippen LogP contribution >= 0.6 is 23.2 Å². The number of ether oxygens (including phenoxy) is 1. The molecule has 170 valence electrons. The summed E-state index contributed by atoms with van der Waals surface area (Å²) in [6, 6.07) is 20.2. The standard InChI is InChI=1S/C26H26Cl2N4O/c27-20-9-7-19(8-10-20)18-32-24-12-11-21(28)17-22(24)26(30-32)33-16-4-15-31-14-3-6-25(31)23-5-1-2-13-29-23/h1-2,5,7-13,17,25H,3-4,6,14-16,18H2. The van der Waals surface area contributed by atoms with E-state index < -0.39 is 0 Å². The second-order valence-electron chi connectivity index (χ2n) is 8.40. The van der Waals surface area contributed by atoms with Crippen LogP contribution in [-0.4, -0.2) is 39.4 Å². The van der Waals surface area contributed by atoms with Crippen LogP contribution < -0.4 is 4.74 Å². The van der Waals surface area contributed by atoms with E-state index in [0.29, 0.717) is 30.1 Å². The average molecular weight is 481 g/mol. The van der Waals surface area contributed by atoms with Crippen molar-refractivity contribution in [2.75, 3.05) is 19.7 Å². The third-order valence-electron chi connectivity index (χ3n) is 6.15. The van der Waals surface area contributed by atoms with Crippen molar-refractivity contribution < 1.29 is 4.74 Å². The predicted molar refractivity (Wildman–Crippen MR) is 133 cm³/mol. The Balaban J connectivity index is 1.25. The maximum Gasteiger partial charge on any atom is 0.240 e. The normalized spacial score (nSPS) is 16.5. The highest BCUT2D eigenvalue weighted by Gasteiger charge is 2.26. The highest BCUT2D eigenvalue weighted by atomic mass is 35.5. The van der Waals surface area contributed by atoms with Crippen LogP contribution in [0.25, 0.3) is 10.9 Å². The van der Waals surface area contributed by atoms with Gasteiger partial charge in [0.2, 0.25) is 5.88 Å². The highest BCUT2D eigenvalue weighted by molar-refractivity contribution is 6.31. The second-order valence-corrected chi connectivity index (χ2v) is 9.27. The minimum Gasteiger partial charge on any atom is -0.476 e.